The molecular formula is C20H17F3N4O. The third-order valence-corrected chi connectivity index (χ3v) is 4.94. The first kappa shape index (κ1) is 18.3. The fourth-order valence-electron chi connectivity index (χ4n) is 3.22. The molecule has 0 bridgehead atoms. The Morgan fingerprint density at radius 3 is 2.75 bits per heavy atom. The summed E-state index contributed by atoms with van der Waals surface area (Å²) in [6.45, 7) is 0.193. The number of hydrogen-bond donors (Lipinski definition) is 0. The van der Waals surface area contributed by atoms with Crippen molar-refractivity contribution in [3.05, 3.63) is 58.3 Å². The maximum Gasteiger partial charge on any atom is 0.427 e. The van der Waals surface area contributed by atoms with Gasteiger partial charge in [-0.3, -0.25) is 9.36 Å². The van der Waals surface area contributed by atoms with E-state index in [9.17, 15) is 18.0 Å². The molecule has 0 amide bonds. The summed E-state index contributed by atoms with van der Waals surface area (Å²) in [5.74, 6) is 5.33. The SMILES string of the molecule is CN1C=Nc2cc(Cn3cnccc3=O)ccc2[C@@]1(C#CC1CC1)C(F)(F)F. The van der Waals surface area contributed by atoms with Crippen LogP contribution < -0.4 is 5.56 Å². The molecule has 1 aromatic heterocycles. The van der Waals surface area contributed by atoms with E-state index in [1.54, 1.807) is 12.1 Å². The van der Waals surface area contributed by atoms with Crippen LogP contribution in [0.4, 0.5) is 18.9 Å². The maximum absolute atomic E-state index is 14.2. The molecule has 1 aromatic carbocycles. The van der Waals surface area contributed by atoms with Gasteiger partial charge in [0.25, 0.3) is 5.56 Å². The van der Waals surface area contributed by atoms with Gasteiger partial charge in [0.1, 0.15) is 0 Å². The third kappa shape index (κ3) is 3.07. The number of aliphatic imine (C=N–C) groups is 1. The molecular weight excluding hydrogens is 369 g/mol. The first-order valence-electron chi connectivity index (χ1n) is 8.82. The predicted molar refractivity (Wildman–Crippen MR) is 98.2 cm³/mol. The molecule has 1 aliphatic heterocycles. The van der Waals surface area contributed by atoms with Crippen LogP contribution in [0.2, 0.25) is 0 Å². The number of aromatic nitrogens is 2. The Morgan fingerprint density at radius 2 is 2.07 bits per heavy atom. The number of fused-ring (bicyclic) bond motifs is 1. The molecule has 2 aromatic rings. The highest BCUT2D eigenvalue weighted by Crippen LogP contribution is 2.48. The fraction of sp³-hybridized carbons (Fsp3) is 0.350. The molecule has 0 radical (unpaired) electrons. The quantitative estimate of drug-likeness (QED) is 0.746. The molecule has 0 spiro atoms. The van der Waals surface area contributed by atoms with E-state index in [-0.39, 0.29) is 29.3 Å². The van der Waals surface area contributed by atoms with Crippen molar-refractivity contribution in [2.45, 2.75) is 31.1 Å². The smallest absolute Gasteiger partial charge is 0.338 e. The minimum atomic E-state index is -4.60. The van der Waals surface area contributed by atoms with Crippen molar-refractivity contribution in [2.75, 3.05) is 7.05 Å². The first-order chi connectivity index (χ1) is 13.3. The number of alkyl halides is 3. The second-order valence-corrected chi connectivity index (χ2v) is 7.01. The average Bonchev–Trinajstić information content (AvgIpc) is 3.46. The molecule has 8 heteroatoms. The Balaban J connectivity index is 1.79. The summed E-state index contributed by atoms with van der Waals surface area (Å²) in [5, 5.41) is 0. The Kier molecular flexibility index (Phi) is 4.26. The second kappa shape index (κ2) is 6.51. The van der Waals surface area contributed by atoms with Gasteiger partial charge in [0.05, 0.1) is 24.9 Å². The molecule has 1 saturated carbocycles. The van der Waals surface area contributed by atoms with E-state index in [2.05, 4.69) is 21.8 Å². The lowest BCUT2D eigenvalue weighted by Crippen LogP contribution is -2.54. The predicted octanol–water partition coefficient (Wildman–Crippen LogP) is 3.07. The number of nitrogens with zero attached hydrogens (tertiary/aromatic N) is 4. The topological polar surface area (TPSA) is 50.5 Å². The number of halogens is 3. The molecule has 4 rings (SSSR count). The van der Waals surface area contributed by atoms with Gasteiger partial charge in [-0.25, -0.2) is 9.98 Å². The summed E-state index contributed by atoms with van der Waals surface area (Å²) < 4.78 is 44.1. The molecule has 1 aliphatic carbocycles. The van der Waals surface area contributed by atoms with E-state index in [1.807, 2.05) is 0 Å². The Morgan fingerprint density at radius 1 is 1.29 bits per heavy atom. The minimum Gasteiger partial charge on any atom is -0.338 e. The van der Waals surface area contributed by atoms with Gasteiger partial charge in [-0.15, -0.1) is 0 Å². The van der Waals surface area contributed by atoms with Crippen molar-refractivity contribution in [2.24, 2.45) is 10.9 Å². The highest BCUT2D eigenvalue weighted by molar-refractivity contribution is 5.73. The summed E-state index contributed by atoms with van der Waals surface area (Å²) in [6, 6.07) is 5.88. The molecule has 0 N–H and O–H groups in total. The monoisotopic (exact) mass is 386 g/mol. The van der Waals surface area contributed by atoms with Crippen molar-refractivity contribution >= 4 is 12.0 Å². The van der Waals surface area contributed by atoms with Crippen LogP contribution in [0.15, 0.2) is 46.6 Å². The standard InChI is InChI=1S/C20H17F3N4O/c1-26-13-25-17-10-15(11-27-12-24-9-7-18(27)28)4-5-16(17)19(26,20(21,22)23)8-6-14-2-3-14/h4-5,7,9-10,12-14H,2-3,11H2,1H3/t19-/m0/s1. The number of hydrogen-bond acceptors (Lipinski definition) is 4. The summed E-state index contributed by atoms with van der Waals surface area (Å²) in [4.78, 5) is 21.0. The van der Waals surface area contributed by atoms with Gasteiger partial charge >= 0.3 is 6.18 Å². The van der Waals surface area contributed by atoms with Gasteiger partial charge in [0.15, 0.2) is 0 Å². The van der Waals surface area contributed by atoms with Gasteiger partial charge in [-0.2, -0.15) is 13.2 Å². The Hall–Kier alpha value is -3.08. The zero-order valence-corrected chi connectivity index (χ0v) is 15.1. The Labute approximate surface area is 159 Å². The van der Waals surface area contributed by atoms with Gasteiger partial charge in [0, 0.05) is 30.8 Å². The summed E-state index contributed by atoms with van der Waals surface area (Å²) in [6.07, 6.45) is 1.01. The molecule has 2 heterocycles. The molecule has 2 aliphatic rings. The van der Waals surface area contributed by atoms with Crippen molar-refractivity contribution in [3.8, 4) is 11.8 Å². The van der Waals surface area contributed by atoms with E-state index >= 15 is 0 Å². The van der Waals surface area contributed by atoms with Crippen LogP contribution in [0.3, 0.4) is 0 Å². The summed E-state index contributed by atoms with van der Waals surface area (Å²) >= 11 is 0. The third-order valence-electron chi connectivity index (χ3n) is 4.94. The number of rotatable bonds is 2. The van der Waals surface area contributed by atoms with Crippen molar-refractivity contribution in [3.63, 3.8) is 0 Å². The highest BCUT2D eigenvalue weighted by Gasteiger charge is 2.60. The van der Waals surface area contributed by atoms with Crippen LogP contribution in [0.25, 0.3) is 0 Å². The molecule has 0 saturated heterocycles. The van der Waals surface area contributed by atoms with Crippen LogP contribution in [-0.2, 0) is 12.1 Å². The fourth-order valence-corrected chi connectivity index (χ4v) is 3.22. The molecule has 0 unspecified atom stereocenters. The molecule has 5 nitrogen and oxygen atoms in total. The van der Waals surface area contributed by atoms with Crippen LogP contribution >= 0.6 is 0 Å². The largest absolute Gasteiger partial charge is 0.427 e. The number of benzene rings is 1. The lowest BCUT2D eigenvalue weighted by atomic mass is 9.85. The van der Waals surface area contributed by atoms with E-state index in [0.29, 0.717) is 5.56 Å². The van der Waals surface area contributed by atoms with Gasteiger partial charge < -0.3 is 4.90 Å². The van der Waals surface area contributed by atoms with Gasteiger partial charge in [-0.1, -0.05) is 24.0 Å². The second-order valence-electron chi connectivity index (χ2n) is 7.01. The summed E-state index contributed by atoms with van der Waals surface area (Å²) in [5.41, 5.74) is -1.82. The lowest BCUT2D eigenvalue weighted by Gasteiger charge is -2.41. The lowest BCUT2D eigenvalue weighted by molar-refractivity contribution is -0.200. The van der Waals surface area contributed by atoms with Crippen LogP contribution in [0.1, 0.15) is 24.0 Å². The van der Waals surface area contributed by atoms with E-state index < -0.39 is 11.7 Å². The first-order valence-corrected chi connectivity index (χ1v) is 8.82. The van der Waals surface area contributed by atoms with Crippen molar-refractivity contribution < 1.29 is 13.2 Å². The van der Waals surface area contributed by atoms with E-state index in [0.717, 1.165) is 24.1 Å². The van der Waals surface area contributed by atoms with Crippen LogP contribution in [0, 0.1) is 17.8 Å². The van der Waals surface area contributed by atoms with E-state index in [1.165, 1.54) is 36.3 Å². The minimum absolute atomic E-state index is 0.000401. The van der Waals surface area contributed by atoms with Crippen molar-refractivity contribution in [1.82, 2.24) is 14.5 Å². The van der Waals surface area contributed by atoms with Crippen LogP contribution in [0.5, 0.6) is 0 Å². The molecule has 1 fully saturated rings. The zero-order valence-electron chi connectivity index (χ0n) is 15.1. The normalized spacial score (nSPS) is 21.1. The maximum atomic E-state index is 14.2. The summed E-state index contributed by atoms with van der Waals surface area (Å²) in [7, 11) is 1.34. The van der Waals surface area contributed by atoms with Crippen LogP contribution in [-0.4, -0.2) is 34.0 Å². The van der Waals surface area contributed by atoms with Gasteiger partial charge in [-0.05, 0) is 24.5 Å². The highest BCUT2D eigenvalue weighted by atomic mass is 19.4. The van der Waals surface area contributed by atoms with Gasteiger partial charge in [0.2, 0.25) is 5.54 Å². The van der Waals surface area contributed by atoms with E-state index in [4.69, 9.17) is 0 Å². The Bertz CT molecular complexity index is 1060. The molecule has 28 heavy (non-hydrogen) atoms. The van der Waals surface area contributed by atoms with Crippen molar-refractivity contribution in [1.29, 1.82) is 0 Å². The average molecular weight is 386 g/mol. The molecule has 1 atom stereocenters. The zero-order chi connectivity index (χ0) is 19.9. The molecule has 144 valence electrons.